The molecule has 0 amide bonds. The molecule has 1 aliphatic rings. The molecule has 0 aromatic heterocycles. The molecule has 16 heavy (non-hydrogen) atoms. The van der Waals surface area contributed by atoms with E-state index in [-0.39, 0.29) is 0 Å². The lowest BCUT2D eigenvalue weighted by atomic mass is 9.77. The van der Waals surface area contributed by atoms with Gasteiger partial charge in [0, 0.05) is 5.56 Å². The Balaban J connectivity index is 2.10. The second-order valence-electron chi connectivity index (χ2n) is 5.04. The van der Waals surface area contributed by atoms with Crippen molar-refractivity contribution < 1.29 is 4.79 Å². The number of aldehydes is 1. The molecule has 2 unspecified atom stereocenters. The molecule has 1 saturated carbocycles. The third-order valence-electron chi connectivity index (χ3n) is 3.95. The van der Waals surface area contributed by atoms with E-state index < -0.39 is 0 Å². The van der Waals surface area contributed by atoms with Crippen LogP contribution in [0.15, 0.2) is 24.3 Å². The molecule has 1 nitrogen and oxygen atoms in total. The van der Waals surface area contributed by atoms with Gasteiger partial charge in [0.15, 0.2) is 0 Å². The quantitative estimate of drug-likeness (QED) is 0.701. The minimum atomic E-state index is 0.773. The highest BCUT2D eigenvalue weighted by Crippen LogP contribution is 2.32. The van der Waals surface area contributed by atoms with E-state index in [1.54, 1.807) is 0 Å². The van der Waals surface area contributed by atoms with Crippen molar-refractivity contribution in [2.75, 3.05) is 0 Å². The van der Waals surface area contributed by atoms with E-state index in [1.165, 1.54) is 31.2 Å². The Morgan fingerprint density at radius 2 is 2.00 bits per heavy atom. The van der Waals surface area contributed by atoms with Crippen LogP contribution < -0.4 is 0 Å². The fourth-order valence-electron chi connectivity index (χ4n) is 2.81. The first-order valence-electron chi connectivity index (χ1n) is 6.34. The predicted octanol–water partition coefficient (Wildman–Crippen LogP) is 3.87. The summed E-state index contributed by atoms with van der Waals surface area (Å²) in [5.41, 5.74) is 2.11. The van der Waals surface area contributed by atoms with E-state index in [0.717, 1.165) is 30.1 Å². The van der Waals surface area contributed by atoms with Crippen LogP contribution in [0.1, 0.15) is 48.5 Å². The second kappa shape index (κ2) is 5.29. The molecule has 0 bridgehead atoms. The smallest absolute Gasteiger partial charge is 0.150 e. The third-order valence-corrected chi connectivity index (χ3v) is 3.95. The lowest BCUT2D eigenvalue weighted by Crippen LogP contribution is -2.19. The number of carbonyl (C=O) groups is 1. The summed E-state index contributed by atoms with van der Waals surface area (Å²) < 4.78 is 0. The van der Waals surface area contributed by atoms with Gasteiger partial charge in [-0.25, -0.2) is 0 Å². The van der Waals surface area contributed by atoms with Crippen molar-refractivity contribution in [1.29, 1.82) is 0 Å². The maximum atomic E-state index is 11.0. The summed E-state index contributed by atoms with van der Waals surface area (Å²) in [6.45, 7) is 2.35. The number of hydrogen-bond donors (Lipinski definition) is 0. The summed E-state index contributed by atoms with van der Waals surface area (Å²) in [4.78, 5) is 11.0. The van der Waals surface area contributed by atoms with Crippen molar-refractivity contribution in [3.63, 3.8) is 0 Å². The van der Waals surface area contributed by atoms with E-state index >= 15 is 0 Å². The normalized spacial score (nSPS) is 25.3. The zero-order valence-corrected chi connectivity index (χ0v) is 9.99. The number of benzene rings is 1. The van der Waals surface area contributed by atoms with Gasteiger partial charge >= 0.3 is 0 Å². The number of carbonyl (C=O) groups excluding carboxylic acids is 1. The molecule has 0 saturated heterocycles. The molecule has 1 aromatic carbocycles. The summed E-state index contributed by atoms with van der Waals surface area (Å²) >= 11 is 0. The number of rotatable bonds is 3. The van der Waals surface area contributed by atoms with Gasteiger partial charge in [0.05, 0.1) is 0 Å². The number of hydrogen-bond acceptors (Lipinski definition) is 1. The Hall–Kier alpha value is -1.11. The van der Waals surface area contributed by atoms with Crippen LogP contribution in [0.4, 0.5) is 0 Å². The topological polar surface area (TPSA) is 17.1 Å². The van der Waals surface area contributed by atoms with Crippen LogP contribution in [0, 0.1) is 11.8 Å². The van der Waals surface area contributed by atoms with Crippen LogP contribution in [0.25, 0.3) is 0 Å². The van der Waals surface area contributed by atoms with Crippen molar-refractivity contribution in [3.05, 3.63) is 35.4 Å². The lowest BCUT2D eigenvalue weighted by Gasteiger charge is -2.29. The fraction of sp³-hybridized carbons (Fsp3) is 0.533. The highest BCUT2D eigenvalue weighted by Gasteiger charge is 2.21. The molecular weight excluding hydrogens is 196 g/mol. The molecule has 1 fully saturated rings. The van der Waals surface area contributed by atoms with Crippen LogP contribution in [0.2, 0.25) is 0 Å². The molecule has 0 N–H and O–H groups in total. The summed E-state index contributed by atoms with van der Waals surface area (Å²) in [5.74, 6) is 1.59. The first-order valence-corrected chi connectivity index (χ1v) is 6.34. The van der Waals surface area contributed by atoms with Crippen LogP contribution in [0.3, 0.4) is 0 Å². The largest absolute Gasteiger partial charge is 0.298 e. The molecular formula is C15H20O. The summed E-state index contributed by atoms with van der Waals surface area (Å²) in [6, 6.07) is 8.01. The Morgan fingerprint density at radius 1 is 1.25 bits per heavy atom. The molecule has 0 heterocycles. The molecule has 86 valence electrons. The molecule has 0 radical (unpaired) electrons. The van der Waals surface area contributed by atoms with E-state index in [2.05, 4.69) is 13.0 Å². The lowest BCUT2D eigenvalue weighted by molar-refractivity contribution is 0.112. The third kappa shape index (κ3) is 2.52. The first-order chi connectivity index (χ1) is 7.81. The Labute approximate surface area is 97.9 Å². The van der Waals surface area contributed by atoms with Crippen molar-refractivity contribution >= 4 is 6.29 Å². The van der Waals surface area contributed by atoms with Crippen LogP contribution in [-0.2, 0) is 6.42 Å². The Bertz CT molecular complexity index is 356. The maximum Gasteiger partial charge on any atom is 0.150 e. The predicted molar refractivity (Wildman–Crippen MR) is 66.7 cm³/mol. The van der Waals surface area contributed by atoms with Crippen molar-refractivity contribution in [1.82, 2.24) is 0 Å². The van der Waals surface area contributed by atoms with E-state index in [4.69, 9.17) is 0 Å². The maximum absolute atomic E-state index is 11.0. The fourth-order valence-corrected chi connectivity index (χ4v) is 2.81. The van der Waals surface area contributed by atoms with Crippen LogP contribution in [0.5, 0.6) is 0 Å². The minimum absolute atomic E-state index is 0.773. The summed E-state index contributed by atoms with van der Waals surface area (Å²) in [5, 5.41) is 0. The van der Waals surface area contributed by atoms with Crippen LogP contribution >= 0.6 is 0 Å². The molecule has 0 spiro atoms. The van der Waals surface area contributed by atoms with Gasteiger partial charge in [-0.2, -0.15) is 0 Å². The van der Waals surface area contributed by atoms with Gasteiger partial charge in [-0.15, -0.1) is 0 Å². The van der Waals surface area contributed by atoms with Gasteiger partial charge in [-0.05, 0) is 30.2 Å². The summed E-state index contributed by atoms with van der Waals surface area (Å²) in [6.07, 6.45) is 7.49. The van der Waals surface area contributed by atoms with Gasteiger partial charge in [0.25, 0.3) is 0 Å². The summed E-state index contributed by atoms with van der Waals surface area (Å²) in [7, 11) is 0. The van der Waals surface area contributed by atoms with Crippen molar-refractivity contribution in [3.8, 4) is 0 Å². The Kier molecular flexibility index (Phi) is 3.76. The molecule has 2 atom stereocenters. The van der Waals surface area contributed by atoms with Gasteiger partial charge in [-0.1, -0.05) is 50.5 Å². The highest BCUT2D eigenvalue weighted by atomic mass is 16.1. The van der Waals surface area contributed by atoms with E-state index in [9.17, 15) is 4.79 Å². The molecule has 1 aliphatic carbocycles. The second-order valence-corrected chi connectivity index (χ2v) is 5.04. The SMILES string of the molecule is CC1CCCCC1Cc1ccccc1C=O. The standard InChI is InChI=1S/C15H20O/c1-12-6-2-3-7-13(12)10-14-8-4-5-9-15(14)11-16/h4-5,8-9,11-13H,2-3,6-7,10H2,1H3. The zero-order valence-electron chi connectivity index (χ0n) is 9.99. The van der Waals surface area contributed by atoms with Gasteiger partial charge < -0.3 is 0 Å². The average Bonchev–Trinajstić information content (AvgIpc) is 2.33. The van der Waals surface area contributed by atoms with Crippen molar-refractivity contribution in [2.45, 2.75) is 39.0 Å². The zero-order chi connectivity index (χ0) is 11.4. The molecule has 0 aliphatic heterocycles. The first kappa shape index (κ1) is 11.4. The van der Waals surface area contributed by atoms with Gasteiger partial charge in [0.1, 0.15) is 6.29 Å². The Morgan fingerprint density at radius 3 is 2.75 bits per heavy atom. The molecule has 1 aromatic rings. The van der Waals surface area contributed by atoms with Gasteiger partial charge in [0.2, 0.25) is 0 Å². The van der Waals surface area contributed by atoms with Gasteiger partial charge in [-0.3, -0.25) is 4.79 Å². The van der Waals surface area contributed by atoms with Crippen molar-refractivity contribution in [2.24, 2.45) is 11.8 Å². The van der Waals surface area contributed by atoms with E-state index in [0.29, 0.717) is 0 Å². The molecule has 1 heteroatoms. The average molecular weight is 216 g/mol. The monoisotopic (exact) mass is 216 g/mol. The van der Waals surface area contributed by atoms with E-state index in [1.807, 2.05) is 18.2 Å². The molecule has 2 rings (SSSR count). The minimum Gasteiger partial charge on any atom is -0.298 e. The van der Waals surface area contributed by atoms with Crippen LogP contribution in [-0.4, -0.2) is 6.29 Å². The highest BCUT2D eigenvalue weighted by molar-refractivity contribution is 5.77.